The molecule has 1 fully saturated rings. The molecule has 2 amide bonds. The number of para-hydroxylation sites is 1. The van der Waals surface area contributed by atoms with Gasteiger partial charge in [0.15, 0.2) is 0 Å². The average Bonchev–Trinajstić information content (AvgIpc) is 3.28. The van der Waals surface area contributed by atoms with Gasteiger partial charge in [0.25, 0.3) is 5.91 Å². The number of halogens is 1. The molecule has 8 heteroatoms. The first-order valence-corrected chi connectivity index (χ1v) is 11.0. The maximum Gasteiger partial charge on any atom is 0.251 e. The normalized spacial score (nSPS) is 14.2. The van der Waals surface area contributed by atoms with Crippen molar-refractivity contribution in [3.05, 3.63) is 77.1 Å². The lowest BCUT2D eigenvalue weighted by Gasteiger charge is -2.22. The van der Waals surface area contributed by atoms with Crippen molar-refractivity contribution in [2.24, 2.45) is 5.92 Å². The van der Waals surface area contributed by atoms with Crippen molar-refractivity contribution < 1.29 is 14.3 Å². The zero-order valence-corrected chi connectivity index (χ0v) is 18.3. The van der Waals surface area contributed by atoms with Gasteiger partial charge >= 0.3 is 0 Å². The number of hydrogen-bond acceptors (Lipinski definition) is 4. The van der Waals surface area contributed by atoms with Crippen LogP contribution in [0.5, 0.6) is 0 Å². The first-order valence-electron chi connectivity index (χ1n) is 10.6. The molecule has 1 saturated heterocycles. The second-order valence-electron chi connectivity index (χ2n) is 7.81. The monoisotopic (exact) mass is 452 g/mol. The molecule has 0 aliphatic carbocycles. The van der Waals surface area contributed by atoms with Crippen molar-refractivity contribution in [3.8, 4) is 5.69 Å². The summed E-state index contributed by atoms with van der Waals surface area (Å²) in [5.41, 5.74) is 2.65. The Hall–Kier alpha value is -3.16. The van der Waals surface area contributed by atoms with E-state index in [-0.39, 0.29) is 18.2 Å². The van der Waals surface area contributed by atoms with Crippen LogP contribution in [0.4, 0.5) is 5.69 Å². The maximum atomic E-state index is 12.6. The van der Waals surface area contributed by atoms with Gasteiger partial charge in [0.05, 0.1) is 29.0 Å². The summed E-state index contributed by atoms with van der Waals surface area (Å²) in [5, 5.41) is 10.7. The molecule has 0 atom stereocenters. The Morgan fingerprint density at radius 2 is 1.94 bits per heavy atom. The maximum absolute atomic E-state index is 12.6. The molecule has 32 heavy (non-hydrogen) atoms. The fourth-order valence-corrected chi connectivity index (χ4v) is 3.80. The third-order valence-electron chi connectivity index (χ3n) is 5.41. The van der Waals surface area contributed by atoms with Crippen LogP contribution >= 0.6 is 11.6 Å². The van der Waals surface area contributed by atoms with Crippen molar-refractivity contribution in [2.45, 2.75) is 19.3 Å². The van der Waals surface area contributed by atoms with Crippen LogP contribution in [-0.2, 0) is 16.0 Å². The molecule has 3 aromatic rings. The van der Waals surface area contributed by atoms with E-state index in [1.807, 2.05) is 18.2 Å². The smallest absolute Gasteiger partial charge is 0.251 e. The van der Waals surface area contributed by atoms with Gasteiger partial charge in [-0.15, -0.1) is 0 Å². The molecule has 0 spiro atoms. The summed E-state index contributed by atoms with van der Waals surface area (Å²) in [4.78, 5) is 24.9. The number of carbonyl (C=O) groups is 2. The third-order valence-corrected chi connectivity index (χ3v) is 5.74. The van der Waals surface area contributed by atoms with E-state index in [0.717, 1.165) is 37.3 Å². The van der Waals surface area contributed by atoms with E-state index in [4.69, 9.17) is 16.3 Å². The number of nitrogens with one attached hydrogen (secondary N) is 2. The standard InChI is InChI=1S/C24H25ClN4O3/c25-21-6-1-2-7-22(21)28-23(30)12-18-15-27-29(16-18)20-5-3-4-19(13-20)24(31)26-14-17-8-10-32-11-9-17/h1-7,13,15-17H,8-12,14H2,(H,26,31)(H,28,30). The first kappa shape index (κ1) is 22.0. The number of aromatic nitrogens is 2. The van der Waals surface area contributed by atoms with E-state index in [1.165, 1.54) is 0 Å². The van der Waals surface area contributed by atoms with Gasteiger partial charge in [-0.1, -0.05) is 29.8 Å². The molecular weight excluding hydrogens is 428 g/mol. The van der Waals surface area contributed by atoms with Crippen LogP contribution in [0.15, 0.2) is 60.9 Å². The predicted molar refractivity (Wildman–Crippen MR) is 123 cm³/mol. The highest BCUT2D eigenvalue weighted by atomic mass is 35.5. The zero-order chi connectivity index (χ0) is 22.3. The summed E-state index contributed by atoms with van der Waals surface area (Å²) >= 11 is 6.09. The lowest BCUT2D eigenvalue weighted by Crippen LogP contribution is -2.32. The number of nitrogens with zero attached hydrogens (tertiary/aromatic N) is 2. The molecule has 0 unspecified atom stereocenters. The van der Waals surface area contributed by atoms with Crippen molar-refractivity contribution in [2.75, 3.05) is 25.1 Å². The molecule has 4 rings (SSSR count). The van der Waals surface area contributed by atoms with Gasteiger partial charge < -0.3 is 15.4 Å². The Morgan fingerprint density at radius 3 is 2.75 bits per heavy atom. The number of anilines is 1. The Kier molecular flexibility index (Phi) is 7.19. The number of benzene rings is 2. The lowest BCUT2D eigenvalue weighted by atomic mass is 10.0. The van der Waals surface area contributed by atoms with Crippen LogP contribution in [0, 0.1) is 5.92 Å². The van der Waals surface area contributed by atoms with E-state index in [1.54, 1.807) is 47.4 Å². The van der Waals surface area contributed by atoms with Crippen molar-refractivity contribution in [3.63, 3.8) is 0 Å². The summed E-state index contributed by atoms with van der Waals surface area (Å²) in [6, 6.07) is 14.4. The Morgan fingerprint density at radius 1 is 1.12 bits per heavy atom. The highest BCUT2D eigenvalue weighted by molar-refractivity contribution is 6.33. The number of ether oxygens (including phenoxy) is 1. The number of carbonyl (C=O) groups excluding carboxylic acids is 2. The molecule has 1 aromatic heterocycles. The molecule has 0 saturated carbocycles. The van der Waals surface area contributed by atoms with E-state index >= 15 is 0 Å². The summed E-state index contributed by atoms with van der Waals surface area (Å²) in [6.07, 6.45) is 5.53. The van der Waals surface area contributed by atoms with Crippen LogP contribution < -0.4 is 10.6 Å². The van der Waals surface area contributed by atoms with E-state index in [2.05, 4.69) is 15.7 Å². The topological polar surface area (TPSA) is 85.2 Å². The largest absolute Gasteiger partial charge is 0.381 e. The van der Waals surface area contributed by atoms with Gasteiger partial charge in [-0.25, -0.2) is 4.68 Å². The molecule has 7 nitrogen and oxygen atoms in total. The molecule has 0 radical (unpaired) electrons. The van der Waals surface area contributed by atoms with E-state index in [0.29, 0.717) is 28.7 Å². The van der Waals surface area contributed by atoms with Gasteiger partial charge in [-0.05, 0) is 54.7 Å². The molecule has 2 aromatic carbocycles. The molecule has 2 heterocycles. The molecule has 0 bridgehead atoms. The van der Waals surface area contributed by atoms with Gasteiger partial charge in [-0.3, -0.25) is 9.59 Å². The minimum absolute atomic E-state index is 0.107. The van der Waals surface area contributed by atoms with Crippen molar-refractivity contribution >= 4 is 29.1 Å². The second-order valence-corrected chi connectivity index (χ2v) is 8.22. The second kappa shape index (κ2) is 10.4. The van der Waals surface area contributed by atoms with Crippen LogP contribution in [0.25, 0.3) is 5.69 Å². The highest BCUT2D eigenvalue weighted by Crippen LogP contribution is 2.21. The van der Waals surface area contributed by atoms with E-state index in [9.17, 15) is 9.59 Å². The lowest BCUT2D eigenvalue weighted by molar-refractivity contribution is -0.115. The SMILES string of the molecule is O=C(Cc1cnn(-c2cccc(C(=O)NCC3CCOCC3)c2)c1)Nc1ccccc1Cl. The van der Waals surface area contributed by atoms with Gasteiger partial charge in [0.1, 0.15) is 0 Å². The molecule has 1 aliphatic rings. The predicted octanol–water partition coefficient (Wildman–Crippen LogP) is 3.86. The fourth-order valence-electron chi connectivity index (χ4n) is 3.61. The minimum Gasteiger partial charge on any atom is -0.381 e. The molecule has 1 aliphatic heterocycles. The number of hydrogen-bond donors (Lipinski definition) is 2. The molecular formula is C24H25ClN4O3. The van der Waals surface area contributed by atoms with Crippen LogP contribution in [0.2, 0.25) is 5.02 Å². The Bertz CT molecular complexity index is 1090. The summed E-state index contributed by atoms with van der Waals surface area (Å²) in [6.45, 7) is 2.17. The summed E-state index contributed by atoms with van der Waals surface area (Å²) in [7, 11) is 0. The van der Waals surface area contributed by atoms with E-state index < -0.39 is 0 Å². The van der Waals surface area contributed by atoms with Crippen LogP contribution in [0.1, 0.15) is 28.8 Å². The quantitative estimate of drug-likeness (QED) is 0.570. The number of amides is 2. The zero-order valence-electron chi connectivity index (χ0n) is 17.6. The number of rotatable bonds is 7. The van der Waals surface area contributed by atoms with Gasteiger partial charge in [0.2, 0.25) is 5.91 Å². The summed E-state index contributed by atoms with van der Waals surface area (Å²) < 4.78 is 7.02. The van der Waals surface area contributed by atoms with Crippen molar-refractivity contribution in [1.82, 2.24) is 15.1 Å². The highest BCUT2D eigenvalue weighted by Gasteiger charge is 2.16. The van der Waals surface area contributed by atoms with Gasteiger partial charge in [-0.2, -0.15) is 5.10 Å². The van der Waals surface area contributed by atoms with Gasteiger partial charge in [0, 0.05) is 31.5 Å². The Balaban J connectivity index is 1.36. The molecule has 166 valence electrons. The first-order chi connectivity index (χ1) is 15.6. The van der Waals surface area contributed by atoms with Crippen LogP contribution in [-0.4, -0.2) is 41.4 Å². The average molecular weight is 453 g/mol. The minimum atomic E-state index is -0.182. The summed E-state index contributed by atoms with van der Waals surface area (Å²) in [5.74, 6) is 0.171. The Labute approximate surface area is 191 Å². The third kappa shape index (κ3) is 5.75. The van der Waals surface area contributed by atoms with Crippen LogP contribution in [0.3, 0.4) is 0 Å². The fraction of sp³-hybridized carbons (Fsp3) is 0.292. The van der Waals surface area contributed by atoms with Crippen molar-refractivity contribution in [1.29, 1.82) is 0 Å². The molecule has 2 N–H and O–H groups in total.